The van der Waals surface area contributed by atoms with Crippen molar-refractivity contribution in [2.45, 2.75) is 140 Å². The fourth-order valence-electron chi connectivity index (χ4n) is 14.5. The van der Waals surface area contributed by atoms with E-state index in [0.717, 1.165) is 62.7 Å². The molecule has 0 radical (unpaired) electrons. The SMILES string of the molecule is CCOC(=O)N/N=C1\C=C2CC[C@@H]3[C@H](C(=O)C[C@]45O[C@]4(C(=O)CO)CC[C@@H]35)[C@@]2(C)CC1.CCOC(=O)NN.C[C@]12CCC(=O)C=C1CC[C@@H]1[C@@H]2C(=O)C[C@]23O[C@]2(C(=O)CO)CC[C@@H]13. The highest BCUT2D eigenvalue weighted by molar-refractivity contribution is 6.00. The van der Waals surface area contributed by atoms with Crippen LogP contribution in [0.25, 0.3) is 0 Å². The van der Waals surface area contributed by atoms with Gasteiger partial charge in [-0.05, 0) is 131 Å². The van der Waals surface area contributed by atoms with Gasteiger partial charge in [-0.2, -0.15) is 5.10 Å². The fourth-order valence-corrected chi connectivity index (χ4v) is 14.5. The van der Waals surface area contributed by atoms with E-state index in [-0.39, 0.29) is 81.7 Å². The number of hydrogen-bond donors (Lipinski definition) is 5. The number of fused-ring (bicyclic) bond motifs is 8. The number of hydrazone groups is 1. The third-order valence-corrected chi connectivity index (χ3v) is 17.2. The number of Topliss-reactive ketones (excluding diaryl/α,β-unsaturated/α-hetero) is 4. The van der Waals surface area contributed by atoms with Crippen LogP contribution in [0, 0.1) is 46.3 Å². The van der Waals surface area contributed by atoms with E-state index in [0.29, 0.717) is 45.3 Å². The van der Waals surface area contributed by atoms with Crippen molar-refractivity contribution in [1.82, 2.24) is 10.9 Å². The summed E-state index contributed by atoms with van der Waals surface area (Å²) in [5, 5.41) is 23.0. The van der Waals surface area contributed by atoms with Gasteiger partial charge in [-0.1, -0.05) is 25.0 Å². The second-order valence-corrected chi connectivity index (χ2v) is 19.7. The molecular formula is C46H62N4O13. The largest absolute Gasteiger partial charge is 0.449 e. The highest BCUT2D eigenvalue weighted by Crippen LogP contribution is 2.74. The topological polar surface area (TPSA) is 266 Å². The molecule has 6 saturated carbocycles. The molecule has 2 spiro atoms. The van der Waals surface area contributed by atoms with Gasteiger partial charge >= 0.3 is 12.2 Å². The number of nitrogens with zero attached hydrogens (tertiary/aromatic N) is 1. The Morgan fingerprint density at radius 2 is 1.19 bits per heavy atom. The molecule has 12 atom stereocenters. The van der Waals surface area contributed by atoms with Crippen molar-refractivity contribution < 1.29 is 62.7 Å². The summed E-state index contributed by atoms with van der Waals surface area (Å²) in [4.78, 5) is 84.8. The zero-order chi connectivity index (χ0) is 45.3. The van der Waals surface area contributed by atoms with Crippen LogP contribution < -0.4 is 16.7 Å². The maximum atomic E-state index is 13.5. The summed E-state index contributed by atoms with van der Waals surface area (Å²) in [6.45, 7) is 7.40. The molecule has 344 valence electrons. The molecule has 0 unspecified atom stereocenters. The summed E-state index contributed by atoms with van der Waals surface area (Å²) in [6.07, 6.45) is 12.5. The van der Waals surface area contributed by atoms with Crippen molar-refractivity contribution >= 4 is 46.8 Å². The van der Waals surface area contributed by atoms with Gasteiger partial charge in [0.05, 0.1) is 18.9 Å². The number of epoxide rings is 2. The molecule has 2 amide bonds. The van der Waals surface area contributed by atoms with Crippen molar-refractivity contribution in [2.24, 2.45) is 57.3 Å². The normalized spacial score (nSPS) is 42.4. The number of aliphatic hydroxyl groups is 2. The van der Waals surface area contributed by atoms with Crippen molar-refractivity contribution in [1.29, 1.82) is 0 Å². The number of aliphatic hydroxyl groups excluding tert-OH is 2. The fraction of sp³-hybridized carbons (Fsp3) is 0.739. The smallest absolute Gasteiger partial charge is 0.427 e. The van der Waals surface area contributed by atoms with Crippen LogP contribution in [0.1, 0.15) is 118 Å². The Bertz CT molecular complexity index is 2090. The van der Waals surface area contributed by atoms with Crippen LogP contribution in [0.5, 0.6) is 0 Å². The van der Waals surface area contributed by atoms with Crippen LogP contribution in [0.15, 0.2) is 28.4 Å². The zero-order valence-corrected chi connectivity index (χ0v) is 36.8. The Kier molecular flexibility index (Phi) is 11.8. The number of nitrogens with one attached hydrogen (secondary N) is 2. The van der Waals surface area contributed by atoms with Crippen molar-refractivity contribution in [2.75, 3.05) is 26.4 Å². The molecule has 0 bridgehead atoms. The maximum absolute atomic E-state index is 13.5. The first kappa shape index (κ1) is 45.4. The zero-order valence-electron chi connectivity index (χ0n) is 36.8. The van der Waals surface area contributed by atoms with Crippen LogP contribution in [-0.4, -0.2) is 106 Å². The van der Waals surface area contributed by atoms with E-state index in [2.05, 4.69) is 35.0 Å². The van der Waals surface area contributed by atoms with Gasteiger partial charge < -0.3 is 29.2 Å². The number of rotatable bonds is 7. The minimum absolute atomic E-state index is 0.0551. The molecule has 2 heterocycles. The predicted octanol–water partition coefficient (Wildman–Crippen LogP) is 3.66. The lowest BCUT2D eigenvalue weighted by Gasteiger charge is -2.54. The van der Waals surface area contributed by atoms with E-state index in [4.69, 9.17) is 14.2 Å². The van der Waals surface area contributed by atoms with E-state index in [1.807, 2.05) is 6.08 Å². The highest BCUT2D eigenvalue weighted by atomic mass is 16.6. The molecule has 2 saturated heterocycles. The molecular weight excluding hydrogens is 817 g/mol. The van der Waals surface area contributed by atoms with Gasteiger partial charge in [0.25, 0.3) is 0 Å². The Balaban J connectivity index is 0.000000153. The average Bonchev–Trinajstić information content (AvgIpc) is 4.01. The number of nitrogens with two attached hydrogens (primary N) is 1. The third-order valence-electron chi connectivity index (χ3n) is 17.2. The molecule has 0 aromatic heterocycles. The van der Waals surface area contributed by atoms with Gasteiger partial charge in [-0.15, -0.1) is 0 Å². The Morgan fingerprint density at radius 3 is 1.65 bits per heavy atom. The first-order valence-electron chi connectivity index (χ1n) is 22.8. The van der Waals surface area contributed by atoms with Gasteiger partial charge in [0.1, 0.15) is 36.0 Å². The lowest BCUT2D eigenvalue weighted by molar-refractivity contribution is -0.141. The summed E-state index contributed by atoms with van der Waals surface area (Å²) < 4.78 is 21.2. The Hall–Kier alpha value is -4.16. The maximum Gasteiger partial charge on any atom is 0.427 e. The first-order chi connectivity index (χ1) is 30.0. The van der Waals surface area contributed by atoms with Crippen molar-refractivity contribution in [3.63, 3.8) is 0 Å². The molecule has 0 aromatic carbocycles. The number of ketones is 5. The minimum atomic E-state index is -0.921. The van der Waals surface area contributed by atoms with Gasteiger partial charge in [0.15, 0.2) is 28.6 Å². The lowest BCUT2D eigenvalue weighted by atomic mass is 9.49. The van der Waals surface area contributed by atoms with E-state index in [1.54, 1.807) is 25.3 Å². The predicted molar refractivity (Wildman–Crippen MR) is 222 cm³/mol. The monoisotopic (exact) mass is 878 g/mol. The molecule has 63 heavy (non-hydrogen) atoms. The number of amides is 2. The third kappa shape index (κ3) is 6.80. The Morgan fingerprint density at radius 1 is 0.714 bits per heavy atom. The molecule has 17 nitrogen and oxygen atoms in total. The second kappa shape index (κ2) is 16.4. The molecule has 10 aliphatic rings. The molecule has 10 rings (SSSR count). The van der Waals surface area contributed by atoms with E-state index in [9.17, 15) is 43.8 Å². The van der Waals surface area contributed by atoms with Crippen molar-refractivity contribution in [3.05, 3.63) is 23.3 Å². The van der Waals surface area contributed by atoms with Gasteiger partial charge in [-0.25, -0.2) is 20.9 Å². The van der Waals surface area contributed by atoms with Crippen LogP contribution in [0.2, 0.25) is 0 Å². The summed E-state index contributed by atoms with van der Waals surface area (Å²) in [5.74, 6) is 5.40. The van der Waals surface area contributed by atoms with Gasteiger partial charge in [0, 0.05) is 31.1 Å². The van der Waals surface area contributed by atoms with E-state index >= 15 is 0 Å². The van der Waals surface area contributed by atoms with Crippen molar-refractivity contribution in [3.8, 4) is 0 Å². The minimum Gasteiger partial charge on any atom is -0.449 e. The quantitative estimate of drug-likeness (QED) is 0.106. The standard InChI is InChI=1S/C23H30N2O6.C20H24O5.C3H8N2O2/c1-3-30-20(29)25-24-14-6-8-21(2)13(10-14)4-5-15-16-7-9-22(18(28)12-26)23(16,31-22)11-17(27)19(15)21;1-18-6-4-12(22)8-11(18)2-3-13-14-5-7-19(16(24)10-21)20(14,25-19)9-15(23)17(13)18;1-2-7-3(6)5-4/h10,15-16,19,26H,3-9,11-12H2,1-2H3,(H,25,29);8,13-14,17,21H,2-7,9-10H2,1H3;2,4H2,1H3,(H,5,6)/b24-14-;;/t15-,16-,19+,21-,22-,23+;13-,14-,17+,18-,19-,20+;/m00./s1. The van der Waals surface area contributed by atoms with E-state index in [1.165, 1.54) is 5.57 Å². The highest BCUT2D eigenvalue weighted by Gasteiger charge is 2.84. The molecule has 0 aromatic rings. The first-order valence-corrected chi connectivity index (χ1v) is 22.8. The summed E-state index contributed by atoms with van der Waals surface area (Å²) in [7, 11) is 0. The number of hydrazine groups is 1. The van der Waals surface area contributed by atoms with Gasteiger partial charge in [0.2, 0.25) is 0 Å². The van der Waals surface area contributed by atoms with Crippen LogP contribution in [0.3, 0.4) is 0 Å². The number of hydrogen-bond acceptors (Lipinski definition) is 15. The summed E-state index contributed by atoms with van der Waals surface area (Å²) in [6, 6.07) is 0. The van der Waals surface area contributed by atoms with Crippen LogP contribution in [0.4, 0.5) is 9.59 Å². The average molecular weight is 879 g/mol. The number of allylic oxidation sites excluding steroid dienone is 3. The molecule has 2 aliphatic heterocycles. The molecule has 17 heteroatoms. The summed E-state index contributed by atoms with van der Waals surface area (Å²) >= 11 is 0. The molecule has 8 aliphatic carbocycles. The van der Waals surface area contributed by atoms with Gasteiger partial charge in [-0.3, -0.25) is 29.4 Å². The van der Waals surface area contributed by atoms with E-state index < -0.39 is 47.8 Å². The molecule has 6 N–H and O–H groups in total. The number of carbonyl (C=O) groups excluding carboxylic acids is 7. The number of ether oxygens (including phenoxy) is 4. The van der Waals surface area contributed by atoms with Crippen LogP contribution in [-0.2, 0) is 42.9 Å². The number of carbonyl (C=O) groups is 7. The summed E-state index contributed by atoms with van der Waals surface area (Å²) in [5.41, 5.74) is 3.84. The Labute approximate surface area is 366 Å². The second-order valence-electron chi connectivity index (χ2n) is 19.7. The molecule has 8 fully saturated rings. The van der Waals surface area contributed by atoms with Crippen LogP contribution >= 0.6 is 0 Å². The lowest BCUT2D eigenvalue weighted by Crippen LogP contribution is -2.55.